The van der Waals surface area contributed by atoms with Crippen LogP contribution < -0.4 is 40.4 Å². The Bertz CT molecular complexity index is 68.3. The standard InChI is InChI=1S/C3H8N2S2.Na/c1-2-4-5-3(6)7;/h4H,2H2,1H3,(H2,5,6,7);/q;+1/p-1. The predicted octanol–water partition coefficient (Wildman–Crippen LogP) is -3.06. The van der Waals surface area contributed by atoms with Crippen molar-refractivity contribution < 1.29 is 29.6 Å². The Kier molecular flexibility index (Phi) is 11.9. The molecule has 0 aliphatic rings. The summed E-state index contributed by atoms with van der Waals surface area (Å²) in [5.41, 5.74) is 5.34. The molecule has 0 aliphatic heterocycles. The summed E-state index contributed by atoms with van der Waals surface area (Å²) >= 11 is 9.00. The fourth-order valence-electron chi connectivity index (χ4n) is 0.161. The molecule has 5 heteroatoms. The van der Waals surface area contributed by atoms with Crippen molar-refractivity contribution in [3.63, 3.8) is 0 Å². The smallest absolute Gasteiger partial charge is 0.410 e. The number of rotatable bonds is 2. The van der Waals surface area contributed by atoms with Crippen LogP contribution in [-0.4, -0.2) is 10.9 Å². The van der Waals surface area contributed by atoms with Crippen LogP contribution in [0.1, 0.15) is 6.92 Å². The van der Waals surface area contributed by atoms with Crippen LogP contribution in [0, 0.1) is 0 Å². The van der Waals surface area contributed by atoms with E-state index in [2.05, 4.69) is 35.7 Å². The Morgan fingerprint density at radius 2 is 2.25 bits per heavy atom. The average molecular weight is 158 g/mol. The summed E-state index contributed by atoms with van der Waals surface area (Å²) in [5.74, 6) is 0. The van der Waals surface area contributed by atoms with Gasteiger partial charge in [0, 0.05) is 6.54 Å². The Labute approximate surface area is 82.5 Å². The van der Waals surface area contributed by atoms with Crippen molar-refractivity contribution in [2.24, 2.45) is 0 Å². The Balaban J connectivity index is 0. The van der Waals surface area contributed by atoms with Crippen molar-refractivity contribution in [2.75, 3.05) is 6.54 Å². The Morgan fingerprint density at radius 3 is 2.38 bits per heavy atom. The normalized spacial score (nSPS) is 7.12. The SMILES string of the molecule is CCNNC(=S)[S-].[Na+]. The van der Waals surface area contributed by atoms with Gasteiger partial charge < -0.3 is 30.3 Å². The molecule has 0 aliphatic carbocycles. The number of hydrogen-bond acceptors (Lipinski definition) is 3. The zero-order valence-electron chi connectivity index (χ0n) is 5.02. The van der Waals surface area contributed by atoms with Crippen LogP contribution in [0.25, 0.3) is 0 Å². The minimum Gasteiger partial charge on any atom is -0.410 e. The average Bonchev–Trinajstić information content (AvgIpc) is 1.61. The Hall–Kier alpha value is 1.07. The molecule has 0 rings (SSSR count). The summed E-state index contributed by atoms with van der Waals surface area (Å²) in [6.07, 6.45) is 0. The molecule has 0 saturated heterocycles. The predicted molar refractivity (Wildman–Crippen MR) is 36.8 cm³/mol. The van der Waals surface area contributed by atoms with Gasteiger partial charge in [0.05, 0.1) is 0 Å². The zero-order valence-corrected chi connectivity index (χ0v) is 8.66. The minimum atomic E-state index is 0. The molecule has 0 bridgehead atoms. The van der Waals surface area contributed by atoms with E-state index in [1.54, 1.807) is 0 Å². The molecule has 0 heterocycles. The zero-order chi connectivity index (χ0) is 5.70. The van der Waals surface area contributed by atoms with E-state index in [0.29, 0.717) is 4.32 Å². The first kappa shape index (κ1) is 11.8. The second-order valence-corrected chi connectivity index (χ2v) is 2.02. The van der Waals surface area contributed by atoms with Crippen molar-refractivity contribution in [2.45, 2.75) is 6.92 Å². The van der Waals surface area contributed by atoms with E-state index in [4.69, 9.17) is 0 Å². The van der Waals surface area contributed by atoms with Crippen molar-refractivity contribution in [1.82, 2.24) is 10.9 Å². The molecule has 0 unspecified atom stereocenters. The van der Waals surface area contributed by atoms with Crippen molar-refractivity contribution in [1.29, 1.82) is 0 Å². The number of hydrazine groups is 1. The second-order valence-electron chi connectivity index (χ2n) is 0.943. The van der Waals surface area contributed by atoms with Crippen molar-refractivity contribution in [3.05, 3.63) is 0 Å². The second kappa shape index (κ2) is 8.07. The molecule has 42 valence electrons. The molecule has 0 radical (unpaired) electrons. The van der Waals surface area contributed by atoms with Crippen LogP contribution in [-0.2, 0) is 12.6 Å². The van der Waals surface area contributed by atoms with E-state index in [1.807, 2.05) is 6.92 Å². The molecular formula is C3H7N2NaS2. The quantitative estimate of drug-likeness (QED) is 0.193. The molecule has 0 aromatic heterocycles. The summed E-state index contributed by atoms with van der Waals surface area (Å²) in [4.78, 5) is 0. The van der Waals surface area contributed by atoms with Gasteiger partial charge in [-0.3, -0.25) is 0 Å². The van der Waals surface area contributed by atoms with Gasteiger partial charge in [0.25, 0.3) is 0 Å². The van der Waals surface area contributed by atoms with Gasteiger partial charge >= 0.3 is 29.6 Å². The molecule has 2 N–H and O–H groups in total. The molecule has 0 amide bonds. The van der Waals surface area contributed by atoms with Gasteiger partial charge in [0.1, 0.15) is 0 Å². The third-order valence-corrected chi connectivity index (χ3v) is 0.571. The van der Waals surface area contributed by atoms with Gasteiger partial charge in [0.2, 0.25) is 0 Å². The summed E-state index contributed by atoms with van der Waals surface area (Å²) in [5, 5.41) is 0. The van der Waals surface area contributed by atoms with Gasteiger partial charge in [0.15, 0.2) is 0 Å². The Morgan fingerprint density at radius 1 is 1.75 bits per heavy atom. The molecular weight excluding hydrogens is 151 g/mol. The van der Waals surface area contributed by atoms with Crippen LogP contribution in [0.5, 0.6) is 0 Å². The van der Waals surface area contributed by atoms with E-state index in [9.17, 15) is 0 Å². The molecule has 0 atom stereocenters. The van der Waals surface area contributed by atoms with Crippen LogP contribution in [0.2, 0.25) is 0 Å². The first-order valence-electron chi connectivity index (χ1n) is 1.97. The maximum atomic E-state index is 4.50. The maximum Gasteiger partial charge on any atom is 1.00 e. The van der Waals surface area contributed by atoms with Crippen LogP contribution in [0.3, 0.4) is 0 Å². The van der Waals surface area contributed by atoms with E-state index >= 15 is 0 Å². The van der Waals surface area contributed by atoms with Gasteiger partial charge in [-0.2, -0.15) is 0 Å². The van der Waals surface area contributed by atoms with Crippen LogP contribution in [0.4, 0.5) is 0 Å². The largest absolute Gasteiger partial charge is 1.00 e. The van der Waals surface area contributed by atoms with Crippen molar-refractivity contribution >= 4 is 29.2 Å². The third kappa shape index (κ3) is 10.1. The summed E-state index contributed by atoms with van der Waals surface area (Å²) in [6.45, 7) is 2.79. The van der Waals surface area contributed by atoms with Crippen LogP contribution >= 0.6 is 12.2 Å². The van der Waals surface area contributed by atoms with Gasteiger partial charge in [-0.05, 0) is 4.32 Å². The topological polar surface area (TPSA) is 24.1 Å². The monoisotopic (exact) mass is 158 g/mol. The molecule has 0 aromatic rings. The summed E-state index contributed by atoms with van der Waals surface area (Å²) in [7, 11) is 0. The van der Waals surface area contributed by atoms with Crippen molar-refractivity contribution in [3.8, 4) is 0 Å². The van der Waals surface area contributed by atoms with Gasteiger partial charge in [-0.1, -0.05) is 6.92 Å². The van der Waals surface area contributed by atoms with E-state index in [0.717, 1.165) is 6.54 Å². The molecule has 0 aromatic carbocycles. The molecule has 0 spiro atoms. The molecule has 0 saturated carbocycles. The first-order chi connectivity index (χ1) is 3.27. The minimum absolute atomic E-state index is 0. The van der Waals surface area contributed by atoms with Gasteiger partial charge in [-0.15, -0.1) is 0 Å². The van der Waals surface area contributed by atoms with E-state index in [-0.39, 0.29) is 29.6 Å². The number of thiocarbonyl (C=S) groups is 1. The van der Waals surface area contributed by atoms with Crippen LogP contribution in [0.15, 0.2) is 0 Å². The fourth-order valence-corrected chi connectivity index (χ4v) is 0.305. The third-order valence-electron chi connectivity index (χ3n) is 0.367. The number of hydrogen-bond donors (Lipinski definition) is 2. The van der Waals surface area contributed by atoms with E-state index in [1.165, 1.54) is 0 Å². The first-order valence-corrected chi connectivity index (χ1v) is 2.79. The number of nitrogens with one attached hydrogen (secondary N) is 2. The molecule has 0 fully saturated rings. The molecule has 2 nitrogen and oxygen atoms in total. The molecule has 8 heavy (non-hydrogen) atoms. The maximum absolute atomic E-state index is 4.50. The van der Waals surface area contributed by atoms with E-state index < -0.39 is 0 Å². The summed E-state index contributed by atoms with van der Waals surface area (Å²) < 4.78 is 0.363. The summed E-state index contributed by atoms with van der Waals surface area (Å²) in [6, 6.07) is 0. The fraction of sp³-hybridized carbons (Fsp3) is 0.667. The van der Waals surface area contributed by atoms with Gasteiger partial charge in [-0.25, -0.2) is 5.43 Å².